The Kier molecular flexibility index (Phi) is 3.63. The zero-order valence-electron chi connectivity index (χ0n) is 7.07. The van der Waals surface area contributed by atoms with Gasteiger partial charge in [-0.15, -0.1) is 0 Å². The van der Waals surface area contributed by atoms with Gasteiger partial charge in [-0.3, -0.25) is 9.97 Å². The van der Waals surface area contributed by atoms with E-state index in [9.17, 15) is 0 Å². The molecule has 1 aromatic heterocycles. The molecule has 4 nitrogen and oxygen atoms in total. The maximum atomic E-state index is 8.74. The Morgan fingerprint density at radius 1 is 1.58 bits per heavy atom. The lowest BCUT2D eigenvalue weighted by Gasteiger charge is -2.12. The van der Waals surface area contributed by atoms with Crippen LogP contribution in [0.25, 0.3) is 0 Å². The summed E-state index contributed by atoms with van der Waals surface area (Å²) < 4.78 is 0. The van der Waals surface area contributed by atoms with Crippen LogP contribution in [-0.2, 0) is 0 Å². The third-order valence-corrected chi connectivity index (χ3v) is 1.71. The Hall–Kier alpha value is -1.00. The van der Waals surface area contributed by atoms with Gasteiger partial charge in [0, 0.05) is 25.2 Å². The van der Waals surface area contributed by atoms with E-state index < -0.39 is 0 Å². The van der Waals surface area contributed by atoms with Gasteiger partial charge in [0.05, 0.1) is 11.7 Å². The van der Waals surface area contributed by atoms with Crippen LogP contribution in [0.2, 0.25) is 0 Å². The third-order valence-electron chi connectivity index (χ3n) is 1.71. The van der Waals surface area contributed by atoms with Gasteiger partial charge in [0.1, 0.15) is 0 Å². The molecule has 0 bridgehead atoms. The summed E-state index contributed by atoms with van der Waals surface area (Å²) in [7, 11) is 1.84. The molecule has 12 heavy (non-hydrogen) atoms. The first-order valence-electron chi connectivity index (χ1n) is 3.92. The highest BCUT2D eigenvalue weighted by Crippen LogP contribution is 2.10. The van der Waals surface area contributed by atoms with Crippen LogP contribution in [0, 0.1) is 0 Å². The van der Waals surface area contributed by atoms with E-state index >= 15 is 0 Å². The van der Waals surface area contributed by atoms with Gasteiger partial charge in [0.2, 0.25) is 0 Å². The van der Waals surface area contributed by atoms with Gasteiger partial charge in [0.15, 0.2) is 0 Å². The number of hydrogen-bond acceptors (Lipinski definition) is 4. The molecule has 0 aliphatic rings. The molecule has 0 aliphatic heterocycles. The Morgan fingerprint density at radius 2 is 2.42 bits per heavy atom. The van der Waals surface area contributed by atoms with E-state index in [0.29, 0.717) is 6.42 Å². The minimum absolute atomic E-state index is 0.101. The van der Waals surface area contributed by atoms with Crippen molar-refractivity contribution in [3.05, 3.63) is 24.3 Å². The molecule has 66 valence electrons. The summed E-state index contributed by atoms with van der Waals surface area (Å²) in [6, 6.07) is 0.101. The highest BCUT2D eigenvalue weighted by Gasteiger charge is 2.08. The lowest BCUT2D eigenvalue weighted by atomic mass is 10.1. The predicted octanol–water partition coefficient (Wildman–Crippen LogP) is 0.119. The third kappa shape index (κ3) is 2.25. The van der Waals surface area contributed by atoms with Crippen LogP contribution in [-0.4, -0.2) is 28.7 Å². The van der Waals surface area contributed by atoms with E-state index in [2.05, 4.69) is 15.3 Å². The van der Waals surface area contributed by atoms with Gasteiger partial charge in [-0.25, -0.2) is 0 Å². The van der Waals surface area contributed by atoms with Crippen molar-refractivity contribution in [1.82, 2.24) is 15.3 Å². The Morgan fingerprint density at radius 3 is 2.92 bits per heavy atom. The molecular weight excluding hydrogens is 154 g/mol. The molecule has 0 aromatic carbocycles. The van der Waals surface area contributed by atoms with Crippen LogP contribution in [0.1, 0.15) is 18.2 Å². The molecule has 0 fully saturated rings. The molecule has 0 spiro atoms. The minimum Gasteiger partial charge on any atom is -0.396 e. The summed E-state index contributed by atoms with van der Waals surface area (Å²) in [6.45, 7) is 0.155. The Labute approximate surface area is 71.7 Å². The average molecular weight is 167 g/mol. The van der Waals surface area contributed by atoms with Crippen molar-refractivity contribution in [2.75, 3.05) is 13.7 Å². The number of nitrogens with zero attached hydrogens (tertiary/aromatic N) is 2. The number of aliphatic hydroxyl groups is 1. The van der Waals surface area contributed by atoms with Gasteiger partial charge in [-0.05, 0) is 13.5 Å². The highest BCUT2D eigenvalue weighted by molar-refractivity contribution is 5.01. The quantitative estimate of drug-likeness (QED) is 0.668. The highest BCUT2D eigenvalue weighted by atomic mass is 16.3. The van der Waals surface area contributed by atoms with Gasteiger partial charge in [-0.2, -0.15) is 0 Å². The molecule has 0 amide bonds. The summed E-state index contributed by atoms with van der Waals surface area (Å²) in [5.74, 6) is 0. The van der Waals surface area contributed by atoms with Crippen molar-refractivity contribution in [2.24, 2.45) is 0 Å². The van der Waals surface area contributed by atoms with Gasteiger partial charge >= 0.3 is 0 Å². The lowest BCUT2D eigenvalue weighted by Crippen LogP contribution is -2.18. The summed E-state index contributed by atoms with van der Waals surface area (Å²) in [5.41, 5.74) is 0.869. The van der Waals surface area contributed by atoms with Crippen molar-refractivity contribution < 1.29 is 5.11 Å². The van der Waals surface area contributed by atoms with Crippen LogP contribution < -0.4 is 5.32 Å². The Balaban J connectivity index is 2.66. The second kappa shape index (κ2) is 4.79. The molecule has 4 heteroatoms. The number of rotatable bonds is 4. The minimum atomic E-state index is 0.101. The zero-order valence-corrected chi connectivity index (χ0v) is 7.07. The fraction of sp³-hybridized carbons (Fsp3) is 0.500. The van der Waals surface area contributed by atoms with Crippen LogP contribution in [0.15, 0.2) is 18.6 Å². The van der Waals surface area contributed by atoms with E-state index in [0.717, 1.165) is 5.69 Å². The van der Waals surface area contributed by atoms with E-state index in [4.69, 9.17) is 5.11 Å². The maximum absolute atomic E-state index is 8.74. The maximum Gasteiger partial charge on any atom is 0.0756 e. The van der Waals surface area contributed by atoms with Gasteiger partial charge in [0.25, 0.3) is 0 Å². The molecule has 0 aliphatic carbocycles. The Bertz CT molecular complexity index is 215. The molecular formula is C8H13N3O. The summed E-state index contributed by atoms with van der Waals surface area (Å²) in [4.78, 5) is 8.08. The molecule has 1 atom stereocenters. The summed E-state index contributed by atoms with van der Waals surface area (Å²) in [6.07, 6.45) is 5.65. The van der Waals surface area contributed by atoms with Gasteiger partial charge in [-0.1, -0.05) is 0 Å². The second-order valence-electron chi connectivity index (χ2n) is 2.48. The molecule has 1 rings (SSSR count). The summed E-state index contributed by atoms with van der Waals surface area (Å²) in [5, 5.41) is 11.8. The van der Waals surface area contributed by atoms with E-state index in [-0.39, 0.29) is 12.6 Å². The fourth-order valence-electron chi connectivity index (χ4n) is 1.06. The first kappa shape index (κ1) is 9.09. The average Bonchev–Trinajstić information content (AvgIpc) is 2.15. The van der Waals surface area contributed by atoms with E-state index in [1.54, 1.807) is 18.6 Å². The fourth-order valence-corrected chi connectivity index (χ4v) is 1.06. The van der Waals surface area contributed by atoms with Crippen LogP contribution in [0.3, 0.4) is 0 Å². The van der Waals surface area contributed by atoms with Gasteiger partial charge < -0.3 is 10.4 Å². The standard InChI is InChI=1S/C8H13N3O/c1-9-7(2-5-12)8-6-10-3-4-11-8/h3-4,6-7,9,12H,2,5H2,1H3. The number of nitrogens with one attached hydrogen (secondary N) is 1. The first-order chi connectivity index (χ1) is 5.88. The summed E-state index contributed by atoms with van der Waals surface area (Å²) >= 11 is 0. The zero-order chi connectivity index (χ0) is 8.81. The van der Waals surface area contributed by atoms with Crippen molar-refractivity contribution in [3.63, 3.8) is 0 Å². The van der Waals surface area contributed by atoms with Crippen molar-refractivity contribution >= 4 is 0 Å². The van der Waals surface area contributed by atoms with Crippen molar-refractivity contribution in [1.29, 1.82) is 0 Å². The number of hydrogen-bond donors (Lipinski definition) is 2. The van der Waals surface area contributed by atoms with Crippen LogP contribution in [0.4, 0.5) is 0 Å². The molecule has 0 saturated heterocycles. The molecule has 2 N–H and O–H groups in total. The van der Waals surface area contributed by atoms with Crippen molar-refractivity contribution in [3.8, 4) is 0 Å². The normalized spacial score (nSPS) is 12.8. The molecule has 0 radical (unpaired) electrons. The first-order valence-corrected chi connectivity index (χ1v) is 3.92. The second-order valence-corrected chi connectivity index (χ2v) is 2.48. The lowest BCUT2D eigenvalue weighted by molar-refractivity contribution is 0.267. The monoisotopic (exact) mass is 167 g/mol. The predicted molar refractivity (Wildman–Crippen MR) is 45.5 cm³/mol. The molecule has 1 unspecified atom stereocenters. The molecule has 1 heterocycles. The van der Waals surface area contributed by atoms with Crippen LogP contribution >= 0.6 is 0 Å². The topological polar surface area (TPSA) is 58.0 Å². The molecule has 0 saturated carbocycles. The van der Waals surface area contributed by atoms with Crippen molar-refractivity contribution in [2.45, 2.75) is 12.5 Å². The van der Waals surface area contributed by atoms with E-state index in [1.807, 2.05) is 7.05 Å². The molecule has 1 aromatic rings. The van der Waals surface area contributed by atoms with Crippen LogP contribution in [0.5, 0.6) is 0 Å². The smallest absolute Gasteiger partial charge is 0.0756 e. The SMILES string of the molecule is CNC(CCO)c1cnccn1. The number of aromatic nitrogens is 2. The number of aliphatic hydroxyl groups excluding tert-OH is 1. The largest absolute Gasteiger partial charge is 0.396 e. The van der Waals surface area contributed by atoms with E-state index in [1.165, 1.54) is 0 Å².